The summed E-state index contributed by atoms with van der Waals surface area (Å²) in [7, 11) is 0.169. The van der Waals surface area contributed by atoms with Gasteiger partial charge in [0.05, 0.1) is 4.90 Å². The Balaban J connectivity index is 1.54. The van der Waals surface area contributed by atoms with Crippen molar-refractivity contribution in [1.82, 2.24) is 14.7 Å². The molecule has 0 amide bonds. The third-order valence-electron chi connectivity index (χ3n) is 4.11. The molecule has 8 nitrogen and oxygen atoms in total. The van der Waals surface area contributed by atoms with E-state index in [0.29, 0.717) is 24.0 Å². The predicted molar refractivity (Wildman–Crippen MR) is 118 cm³/mol. The van der Waals surface area contributed by atoms with Gasteiger partial charge in [0.15, 0.2) is 0 Å². The fourth-order valence-corrected chi connectivity index (χ4v) is 3.65. The number of hydrogen-bond acceptors (Lipinski definition) is 7. The van der Waals surface area contributed by atoms with Gasteiger partial charge in [0.25, 0.3) is 0 Å². The van der Waals surface area contributed by atoms with Gasteiger partial charge in [-0.25, -0.2) is 18.1 Å². The van der Waals surface area contributed by atoms with E-state index in [-0.39, 0.29) is 11.4 Å². The van der Waals surface area contributed by atoms with Gasteiger partial charge < -0.3 is 15.0 Å². The second-order valence-electron chi connectivity index (χ2n) is 6.80. The van der Waals surface area contributed by atoms with Crippen LogP contribution in [0.5, 0.6) is 11.5 Å². The van der Waals surface area contributed by atoms with Crippen molar-refractivity contribution in [2.75, 3.05) is 37.4 Å². The highest BCUT2D eigenvalue weighted by Gasteiger charge is 2.13. The van der Waals surface area contributed by atoms with Gasteiger partial charge in [0, 0.05) is 38.9 Å². The Morgan fingerprint density at radius 2 is 1.60 bits per heavy atom. The fourth-order valence-electron chi connectivity index (χ4n) is 2.61. The van der Waals surface area contributed by atoms with E-state index in [1.54, 1.807) is 12.1 Å². The summed E-state index contributed by atoms with van der Waals surface area (Å²) in [4.78, 5) is 10.7. The number of benzene rings is 2. The molecule has 2 N–H and O–H groups in total. The van der Waals surface area contributed by atoms with Crippen LogP contribution in [-0.2, 0) is 10.0 Å². The van der Waals surface area contributed by atoms with E-state index < -0.39 is 10.0 Å². The molecule has 3 aromatic rings. The van der Waals surface area contributed by atoms with Crippen LogP contribution >= 0.6 is 0 Å². The molecule has 2 aromatic carbocycles. The van der Waals surface area contributed by atoms with E-state index in [4.69, 9.17) is 4.74 Å². The molecule has 0 saturated carbocycles. The minimum Gasteiger partial charge on any atom is -0.457 e. The van der Waals surface area contributed by atoms with E-state index >= 15 is 0 Å². The standard InChI is InChI=1S/C21H25N5O3S/c1-16-15-20(26(2)3)25-21(24-16)22-13-14-23-30(27,28)19-11-9-18(10-12-19)29-17-7-5-4-6-8-17/h4-12,15,23H,13-14H2,1-3H3,(H,22,24,25). The van der Waals surface area contributed by atoms with E-state index in [2.05, 4.69) is 20.0 Å². The van der Waals surface area contributed by atoms with Crippen molar-refractivity contribution < 1.29 is 13.2 Å². The molecule has 158 valence electrons. The molecule has 0 fully saturated rings. The molecular formula is C21H25N5O3S. The quantitative estimate of drug-likeness (QED) is 0.507. The second kappa shape index (κ2) is 9.55. The molecule has 9 heteroatoms. The SMILES string of the molecule is Cc1cc(N(C)C)nc(NCCNS(=O)(=O)c2ccc(Oc3ccccc3)cc2)n1. The largest absolute Gasteiger partial charge is 0.457 e. The molecule has 0 saturated heterocycles. The van der Waals surface area contributed by atoms with Crippen molar-refractivity contribution in [3.63, 3.8) is 0 Å². The number of nitrogens with zero attached hydrogens (tertiary/aromatic N) is 3. The van der Waals surface area contributed by atoms with Crippen LogP contribution in [0, 0.1) is 6.92 Å². The summed E-state index contributed by atoms with van der Waals surface area (Å²) in [5.74, 6) is 2.49. The number of rotatable bonds is 9. The van der Waals surface area contributed by atoms with Crippen molar-refractivity contribution in [3.8, 4) is 11.5 Å². The Hall–Kier alpha value is -3.17. The first kappa shape index (κ1) is 21.5. The second-order valence-corrected chi connectivity index (χ2v) is 8.56. The smallest absolute Gasteiger partial charge is 0.240 e. The lowest BCUT2D eigenvalue weighted by Gasteiger charge is -2.14. The highest BCUT2D eigenvalue weighted by Crippen LogP contribution is 2.22. The van der Waals surface area contributed by atoms with Crippen LogP contribution in [0.25, 0.3) is 0 Å². The zero-order valence-corrected chi connectivity index (χ0v) is 18.0. The molecule has 0 spiro atoms. The van der Waals surface area contributed by atoms with E-state index in [0.717, 1.165) is 11.5 Å². The molecule has 1 aromatic heterocycles. The maximum Gasteiger partial charge on any atom is 0.240 e. The summed E-state index contributed by atoms with van der Waals surface area (Å²) in [6, 6.07) is 17.5. The molecule has 3 rings (SSSR count). The summed E-state index contributed by atoms with van der Waals surface area (Å²) < 4.78 is 33.2. The molecule has 0 aliphatic heterocycles. The third-order valence-corrected chi connectivity index (χ3v) is 5.59. The van der Waals surface area contributed by atoms with Gasteiger partial charge in [-0.15, -0.1) is 0 Å². The maximum absolute atomic E-state index is 12.5. The van der Waals surface area contributed by atoms with Crippen LogP contribution < -0.4 is 19.7 Å². The number of nitrogens with one attached hydrogen (secondary N) is 2. The topological polar surface area (TPSA) is 96.5 Å². The Labute approximate surface area is 177 Å². The van der Waals surface area contributed by atoms with Crippen LogP contribution in [0.3, 0.4) is 0 Å². The van der Waals surface area contributed by atoms with Gasteiger partial charge in [-0.2, -0.15) is 4.98 Å². The number of sulfonamides is 1. The van der Waals surface area contributed by atoms with Crippen molar-refractivity contribution in [1.29, 1.82) is 0 Å². The lowest BCUT2D eigenvalue weighted by atomic mass is 10.3. The molecule has 0 bridgehead atoms. The van der Waals surface area contributed by atoms with E-state index in [1.165, 1.54) is 12.1 Å². The normalized spacial score (nSPS) is 11.2. The highest BCUT2D eigenvalue weighted by atomic mass is 32.2. The minimum atomic E-state index is -3.63. The number of aryl methyl sites for hydroxylation is 1. The number of aromatic nitrogens is 2. The Bertz CT molecular complexity index is 1070. The molecule has 0 aliphatic carbocycles. The maximum atomic E-state index is 12.5. The average molecular weight is 428 g/mol. The van der Waals surface area contributed by atoms with Gasteiger partial charge in [0.1, 0.15) is 17.3 Å². The van der Waals surface area contributed by atoms with Crippen molar-refractivity contribution >= 4 is 21.8 Å². The first-order valence-corrected chi connectivity index (χ1v) is 10.9. The molecule has 0 radical (unpaired) electrons. The van der Waals surface area contributed by atoms with Gasteiger partial charge >= 0.3 is 0 Å². The monoisotopic (exact) mass is 427 g/mol. The Morgan fingerprint density at radius 3 is 2.27 bits per heavy atom. The molecule has 0 unspecified atom stereocenters. The summed E-state index contributed by atoms with van der Waals surface area (Å²) in [6.07, 6.45) is 0. The van der Waals surface area contributed by atoms with Crippen LogP contribution in [0.15, 0.2) is 65.6 Å². The lowest BCUT2D eigenvalue weighted by molar-refractivity contribution is 0.482. The number of anilines is 2. The van der Waals surface area contributed by atoms with Crippen molar-refractivity contribution in [3.05, 3.63) is 66.4 Å². The van der Waals surface area contributed by atoms with Gasteiger partial charge in [-0.1, -0.05) is 18.2 Å². The van der Waals surface area contributed by atoms with Gasteiger partial charge in [-0.3, -0.25) is 0 Å². The zero-order valence-electron chi connectivity index (χ0n) is 17.2. The number of para-hydroxylation sites is 1. The first-order chi connectivity index (χ1) is 14.3. The summed E-state index contributed by atoms with van der Waals surface area (Å²) in [6.45, 7) is 2.43. The summed E-state index contributed by atoms with van der Waals surface area (Å²) in [5.41, 5.74) is 0.828. The fraction of sp³-hybridized carbons (Fsp3) is 0.238. The Morgan fingerprint density at radius 1 is 0.933 bits per heavy atom. The van der Waals surface area contributed by atoms with Gasteiger partial charge in [-0.05, 0) is 43.3 Å². The predicted octanol–water partition coefficient (Wildman–Crippen LogP) is 3.03. The van der Waals surface area contributed by atoms with Crippen LogP contribution in [0.1, 0.15) is 5.69 Å². The lowest BCUT2D eigenvalue weighted by Crippen LogP contribution is -2.29. The van der Waals surface area contributed by atoms with Crippen LogP contribution in [0.4, 0.5) is 11.8 Å². The zero-order chi connectivity index (χ0) is 21.6. The third kappa shape index (κ3) is 5.91. The number of ether oxygens (including phenoxy) is 1. The molecule has 30 heavy (non-hydrogen) atoms. The van der Waals surface area contributed by atoms with E-state index in [9.17, 15) is 8.42 Å². The Kier molecular flexibility index (Phi) is 6.86. The number of hydrogen-bond donors (Lipinski definition) is 2. The van der Waals surface area contributed by atoms with Gasteiger partial charge in [0.2, 0.25) is 16.0 Å². The van der Waals surface area contributed by atoms with Crippen molar-refractivity contribution in [2.24, 2.45) is 0 Å². The minimum absolute atomic E-state index is 0.171. The van der Waals surface area contributed by atoms with Crippen LogP contribution in [0.2, 0.25) is 0 Å². The van der Waals surface area contributed by atoms with Crippen molar-refractivity contribution in [2.45, 2.75) is 11.8 Å². The molecular weight excluding hydrogens is 402 g/mol. The molecule has 1 heterocycles. The average Bonchev–Trinajstić information content (AvgIpc) is 2.72. The summed E-state index contributed by atoms with van der Waals surface area (Å²) >= 11 is 0. The molecule has 0 atom stereocenters. The highest BCUT2D eigenvalue weighted by molar-refractivity contribution is 7.89. The summed E-state index contributed by atoms with van der Waals surface area (Å²) in [5, 5.41) is 3.05. The van der Waals surface area contributed by atoms with Crippen LogP contribution in [-0.4, -0.2) is 45.6 Å². The first-order valence-electron chi connectivity index (χ1n) is 9.43. The van der Waals surface area contributed by atoms with E-state index in [1.807, 2.05) is 62.3 Å². The molecule has 0 aliphatic rings.